The molecular formula is C15H25N3O2. The summed E-state index contributed by atoms with van der Waals surface area (Å²) in [4.78, 5) is 13.0. The van der Waals surface area contributed by atoms with Crippen LogP contribution in [-0.2, 0) is 6.54 Å². The van der Waals surface area contributed by atoms with E-state index in [9.17, 15) is 10.1 Å². The van der Waals surface area contributed by atoms with Crippen LogP contribution in [0, 0.1) is 15.5 Å². The number of nitro benzene ring substituents is 1. The van der Waals surface area contributed by atoms with Crippen molar-refractivity contribution in [2.75, 3.05) is 19.6 Å². The molecule has 2 N–H and O–H groups in total. The predicted molar refractivity (Wildman–Crippen MR) is 81.5 cm³/mol. The largest absolute Gasteiger partial charge is 0.330 e. The van der Waals surface area contributed by atoms with Crippen LogP contribution < -0.4 is 5.73 Å². The lowest BCUT2D eigenvalue weighted by atomic mass is 9.92. The van der Waals surface area contributed by atoms with Gasteiger partial charge >= 0.3 is 0 Å². The second-order valence-corrected chi connectivity index (χ2v) is 5.96. The van der Waals surface area contributed by atoms with Crippen LogP contribution >= 0.6 is 0 Å². The normalized spacial score (nSPS) is 11.8. The van der Waals surface area contributed by atoms with Crippen molar-refractivity contribution in [2.24, 2.45) is 11.1 Å². The van der Waals surface area contributed by atoms with Crippen LogP contribution in [0.15, 0.2) is 24.3 Å². The summed E-state index contributed by atoms with van der Waals surface area (Å²) in [5.74, 6) is 0. The molecule has 112 valence electrons. The van der Waals surface area contributed by atoms with Gasteiger partial charge in [-0.15, -0.1) is 0 Å². The molecule has 0 bridgehead atoms. The Kier molecular flexibility index (Phi) is 6.10. The van der Waals surface area contributed by atoms with Crippen LogP contribution in [0.4, 0.5) is 5.69 Å². The van der Waals surface area contributed by atoms with Crippen molar-refractivity contribution < 1.29 is 4.92 Å². The Labute approximate surface area is 120 Å². The summed E-state index contributed by atoms with van der Waals surface area (Å²) in [7, 11) is 0. The minimum absolute atomic E-state index is 0.0126. The molecule has 0 saturated heterocycles. The first-order valence-electron chi connectivity index (χ1n) is 7.04. The molecule has 0 atom stereocenters. The Bertz CT molecular complexity index is 446. The van der Waals surface area contributed by atoms with E-state index in [-0.39, 0.29) is 16.0 Å². The van der Waals surface area contributed by atoms with Gasteiger partial charge in [-0.3, -0.25) is 15.0 Å². The molecule has 20 heavy (non-hydrogen) atoms. The van der Waals surface area contributed by atoms with Crippen LogP contribution in [0.5, 0.6) is 0 Å². The second-order valence-electron chi connectivity index (χ2n) is 5.96. The number of nitrogens with two attached hydrogens (primary N) is 1. The molecule has 0 spiro atoms. The summed E-state index contributed by atoms with van der Waals surface area (Å²) in [6.45, 7) is 9.30. The quantitative estimate of drug-likeness (QED) is 0.586. The van der Waals surface area contributed by atoms with E-state index in [4.69, 9.17) is 5.73 Å². The zero-order valence-electron chi connectivity index (χ0n) is 12.6. The van der Waals surface area contributed by atoms with Crippen LogP contribution in [0.2, 0.25) is 0 Å². The lowest BCUT2D eigenvalue weighted by molar-refractivity contribution is -0.385. The molecule has 0 aliphatic rings. The smallest absolute Gasteiger partial charge is 0.273 e. The van der Waals surface area contributed by atoms with Gasteiger partial charge in [0.25, 0.3) is 5.69 Å². The molecule has 0 aromatic heterocycles. The number of para-hydroxylation sites is 1. The first kappa shape index (κ1) is 16.6. The SMILES string of the molecule is CCCN(Cc1ccccc1[N+](=O)[O-])CC(C)(C)CN. The van der Waals surface area contributed by atoms with Crippen molar-refractivity contribution in [3.63, 3.8) is 0 Å². The van der Waals surface area contributed by atoms with E-state index in [2.05, 4.69) is 25.7 Å². The molecule has 0 radical (unpaired) electrons. The van der Waals surface area contributed by atoms with Gasteiger partial charge in [-0.25, -0.2) is 0 Å². The van der Waals surface area contributed by atoms with Gasteiger partial charge in [0.1, 0.15) is 0 Å². The van der Waals surface area contributed by atoms with E-state index in [1.807, 2.05) is 12.1 Å². The minimum Gasteiger partial charge on any atom is -0.330 e. The molecule has 0 fully saturated rings. The zero-order valence-corrected chi connectivity index (χ0v) is 12.6. The summed E-state index contributed by atoms with van der Waals surface area (Å²) in [6.07, 6.45) is 1.02. The highest BCUT2D eigenvalue weighted by molar-refractivity contribution is 5.39. The maximum Gasteiger partial charge on any atom is 0.273 e. The van der Waals surface area contributed by atoms with Gasteiger partial charge < -0.3 is 5.73 Å². The Morgan fingerprint density at radius 2 is 2.00 bits per heavy atom. The molecule has 5 nitrogen and oxygen atoms in total. The van der Waals surface area contributed by atoms with Gasteiger partial charge in [-0.05, 0) is 24.9 Å². The fourth-order valence-corrected chi connectivity index (χ4v) is 2.26. The number of hydrogen-bond acceptors (Lipinski definition) is 4. The molecule has 0 aliphatic heterocycles. The van der Waals surface area contributed by atoms with E-state index in [1.54, 1.807) is 12.1 Å². The van der Waals surface area contributed by atoms with Crippen molar-refractivity contribution in [2.45, 2.75) is 33.7 Å². The molecule has 1 aromatic carbocycles. The maximum atomic E-state index is 11.1. The third-order valence-electron chi connectivity index (χ3n) is 3.33. The number of nitrogens with zero attached hydrogens (tertiary/aromatic N) is 2. The van der Waals surface area contributed by atoms with E-state index in [0.717, 1.165) is 25.1 Å². The van der Waals surface area contributed by atoms with Crippen molar-refractivity contribution in [3.8, 4) is 0 Å². The highest BCUT2D eigenvalue weighted by Gasteiger charge is 2.22. The van der Waals surface area contributed by atoms with Gasteiger partial charge in [0.05, 0.1) is 4.92 Å². The van der Waals surface area contributed by atoms with Gasteiger partial charge in [-0.2, -0.15) is 0 Å². The lowest BCUT2D eigenvalue weighted by Crippen LogP contribution is -2.38. The van der Waals surface area contributed by atoms with Crippen molar-refractivity contribution in [1.82, 2.24) is 4.90 Å². The summed E-state index contributed by atoms with van der Waals surface area (Å²) in [5, 5.41) is 11.1. The Morgan fingerprint density at radius 1 is 1.35 bits per heavy atom. The summed E-state index contributed by atoms with van der Waals surface area (Å²) in [5.41, 5.74) is 6.76. The predicted octanol–water partition coefficient (Wildman–Crippen LogP) is 2.79. The average Bonchev–Trinajstić information content (AvgIpc) is 2.39. The molecule has 0 unspecified atom stereocenters. The van der Waals surface area contributed by atoms with Gasteiger partial charge in [0.15, 0.2) is 0 Å². The summed E-state index contributed by atoms with van der Waals surface area (Å²) < 4.78 is 0. The van der Waals surface area contributed by atoms with Gasteiger partial charge in [0, 0.05) is 24.7 Å². The number of benzene rings is 1. The number of nitro groups is 1. The standard InChI is InChI=1S/C15H25N3O2/c1-4-9-17(12-15(2,3)11-16)10-13-7-5-6-8-14(13)18(19)20/h5-8H,4,9-12,16H2,1-3H3. The topological polar surface area (TPSA) is 72.4 Å². The Morgan fingerprint density at radius 3 is 2.55 bits per heavy atom. The van der Waals surface area contributed by atoms with Crippen LogP contribution in [0.25, 0.3) is 0 Å². The van der Waals surface area contributed by atoms with Gasteiger partial charge in [-0.1, -0.05) is 39.0 Å². The maximum absolute atomic E-state index is 11.1. The minimum atomic E-state index is -0.312. The first-order valence-corrected chi connectivity index (χ1v) is 7.04. The number of rotatable bonds is 8. The first-order chi connectivity index (χ1) is 9.39. The lowest BCUT2D eigenvalue weighted by Gasteiger charge is -2.31. The molecule has 0 amide bonds. The molecule has 0 heterocycles. The fraction of sp³-hybridized carbons (Fsp3) is 0.600. The van der Waals surface area contributed by atoms with E-state index < -0.39 is 0 Å². The molecule has 1 rings (SSSR count). The van der Waals surface area contributed by atoms with E-state index in [1.165, 1.54) is 0 Å². The molecule has 1 aromatic rings. The molecule has 0 saturated carbocycles. The second kappa shape index (κ2) is 7.36. The fourth-order valence-electron chi connectivity index (χ4n) is 2.26. The Hall–Kier alpha value is -1.46. The Balaban J connectivity index is 2.88. The van der Waals surface area contributed by atoms with E-state index >= 15 is 0 Å². The highest BCUT2D eigenvalue weighted by atomic mass is 16.6. The van der Waals surface area contributed by atoms with Crippen molar-refractivity contribution in [3.05, 3.63) is 39.9 Å². The summed E-state index contributed by atoms with van der Waals surface area (Å²) in [6, 6.07) is 6.94. The third-order valence-corrected chi connectivity index (χ3v) is 3.33. The average molecular weight is 279 g/mol. The highest BCUT2D eigenvalue weighted by Crippen LogP contribution is 2.22. The number of hydrogen-bond donors (Lipinski definition) is 1. The third kappa shape index (κ3) is 4.90. The zero-order chi connectivity index (χ0) is 15.2. The van der Waals surface area contributed by atoms with Crippen molar-refractivity contribution >= 4 is 5.69 Å². The van der Waals surface area contributed by atoms with Crippen LogP contribution in [-0.4, -0.2) is 29.5 Å². The molecular weight excluding hydrogens is 254 g/mol. The van der Waals surface area contributed by atoms with E-state index in [0.29, 0.717) is 13.1 Å². The monoisotopic (exact) mass is 279 g/mol. The van der Waals surface area contributed by atoms with Crippen LogP contribution in [0.3, 0.4) is 0 Å². The van der Waals surface area contributed by atoms with Gasteiger partial charge in [0.2, 0.25) is 0 Å². The van der Waals surface area contributed by atoms with Crippen LogP contribution in [0.1, 0.15) is 32.8 Å². The molecule has 0 aliphatic carbocycles. The molecule has 5 heteroatoms. The van der Waals surface area contributed by atoms with Crippen molar-refractivity contribution in [1.29, 1.82) is 0 Å². The summed E-state index contributed by atoms with van der Waals surface area (Å²) >= 11 is 0.